The van der Waals surface area contributed by atoms with Crippen molar-refractivity contribution in [1.82, 2.24) is 15.1 Å². The molecule has 3 unspecified atom stereocenters. The van der Waals surface area contributed by atoms with Crippen molar-refractivity contribution in [2.75, 3.05) is 52.6 Å². The maximum atomic E-state index is 14.0. The number of hydrogen-bond donors (Lipinski definition) is 2. The van der Waals surface area contributed by atoms with Gasteiger partial charge in [0.1, 0.15) is 11.6 Å². The Balaban J connectivity index is 1.63. The fourth-order valence-corrected chi connectivity index (χ4v) is 7.25. The van der Waals surface area contributed by atoms with Gasteiger partial charge < -0.3 is 29.5 Å². The maximum absolute atomic E-state index is 14.0. The SMILES string of the molecule is CCOC(=O)[C@H]1[C@@H]2OC3(CC2Br)C(C(=O)NCCN2CCOCC2)N([C@@H](CO)[C@@H](C)CC)C(=O)[C@H]13. The summed E-state index contributed by atoms with van der Waals surface area (Å²) in [5, 5.41) is 13.3. The molecule has 1 spiro atoms. The van der Waals surface area contributed by atoms with E-state index in [1.165, 1.54) is 4.90 Å². The fraction of sp³-hybridized carbons (Fsp3) is 0.875. The Morgan fingerprint density at radius 1 is 1.31 bits per heavy atom. The molecule has 2 amide bonds. The predicted octanol–water partition coefficient (Wildman–Crippen LogP) is 0.153. The number of aliphatic hydroxyl groups is 1. The van der Waals surface area contributed by atoms with E-state index < -0.39 is 41.6 Å². The van der Waals surface area contributed by atoms with Crippen molar-refractivity contribution in [3.8, 4) is 0 Å². The van der Waals surface area contributed by atoms with Crippen LogP contribution in [0.15, 0.2) is 0 Å². The van der Waals surface area contributed by atoms with Gasteiger partial charge in [-0.3, -0.25) is 19.3 Å². The number of halogens is 1. The molecule has 0 aromatic heterocycles. The summed E-state index contributed by atoms with van der Waals surface area (Å²) >= 11 is 3.64. The molecule has 2 bridgehead atoms. The van der Waals surface area contributed by atoms with Crippen molar-refractivity contribution in [2.24, 2.45) is 17.8 Å². The summed E-state index contributed by atoms with van der Waals surface area (Å²) in [6.07, 6.45) is 0.620. The third kappa shape index (κ3) is 4.63. The Morgan fingerprint density at radius 2 is 2.03 bits per heavy atom. The Labute approximate surface area is 215 Å². The number of hydrogen-bond acceptors (Lipinski definition) is 8. The predicted molar refractivity (Wildman–Crippen MR) is 130 cm³/mol. The number of morpholine rings is 1. The van der Waals surface area contributed by atoms with Crippen LogP contribution in [0.3, 0.4) is 0 Å². The topological polar surface area (TPSA) is 118 Å². The minimum absolute atomic E-state index is 0.0409. The van der Waals surface area contributed by atoms with Gasteiger partial charge in [-0.15, -0.1) is 0 Å². The highest BCUT2D eigenvalue weighted by atomic mass is 79.9. The summed E-state index contributed by atoms with van der Waals surface area (Å²) in [5.41, 5.74) is -1.14. The van der Waals surface area contributed by atoms with Gasteiger partial charge in [0.2, 0.25) is 11.8 Å². The number of esters is 1. The zero-order valence-electron chi connectivity index (χ0n) is 20.8. The summed E-state index contributed by atoms with van der Waals surface area (Å²) < 4.78 is 17.1. The van der Waals surface area contributed by atoms with E-state index in [-0.39, 0.29) is 35.8 Å². The van der Waals surface area contributed by atoms with Gasteiger partial charge in [0, 0.05) is 31.0 Å². The first kappa shape index (κ1) is 26.8. The molecule has 4 aliphatic heterocycles. The third-order valence-corrected chi connectivity index (χ3v) is 9.06. The first-order chi connectivity index (χ1) is 16.8. The molecule has 0 aromatic rings. The van der Waals surface area contributed by atoms with Crippen LogP contribution < -0.4 is 5.32 Å². The number of carbonyl (C=O) groups is 3. The number of nitrogens with zero attached hydrogens (tertiary/aromatic N) is 2. The standard InChI is InChI=1S/C24H38BrN3O7/c1-4-14(3)16(13-29)28-20(21(30)26-6-7-27-8-10-33-11-9-27)24-12-15(25)19(35-24)17(18(24)22(28)31)23(32)34-5-2/h14-20,29H,4-13H2,1-3H3,(H,26,30)/t14-,15?,16-,17+,18-,19+,20?,24?/m0/s1. The number of amides is 2. The van der Waals surface area contributed by atoms with Gasteiger partial charge in [0.05, 0.1) is 50.4 Å². The molecule has 0 saturated carbocycles. The van der Waals surface area contributed by atoms with Gasteiger partial charge in [-0.2, -0.15) is 0 Å². The van der Waals surface area contributed by atoms with E-state index in [1.54, 1.807) is 6.92 Å². The molecule has 4 rings (SSSR count). The van der Waals surface area contributed by atoms with E-state index in [2.05, 4.69) is 26.1 Å². The van der Waals surface area contributed by atoms with Gasteiger partial charge in [0.15, 0.2) is 0 Å². The number of aliphatic hydroxyl groups excluding tert-OH is 1. The number of nitrogens with one attached hydrogen (secondary N) is 1. The highest BCUT2D eigenvalue weighted by Crippen LogP contribution is 2.60. The molecule has 198 valence electrons. The Bertz CT molecular complexity index is 810. The van der Waals surface area contributed by atoms with Crippen LogP contribution >= 0.6 is 15.9 Å². The summed E-state index contributed by atoms with van der Waals surface area (Å²) in [4.78, 5) is 44.3. The number of rotatable bonds is 10. The van der Waals surface area contributed by atoms with Crippen molar-refractivity contribution in [2.45, 2.75) is 62.2 Å². The van der Waals surface area contributed by atoms with Crippen LogP contribution in [0.1, 0.15) is 33.6 Å². The normalized spacial score (nSPS) is 36.2. The minimum Gasteiger partial charge on any atom is -0.466 e. The summed E-state index contributed by atoms with van der Waals surface area (Å²) in [6, 6.07) is -1.48. The highest BCUT2D eigenvalue weighted by molar-refractivity contribution is 9.09. The summed E-state index contributed by atoms with van der Waals surface area (Å²) in [7, 11) is 0. The second-order valence-corrected chi connectivity index (χ2v) is 11.2. The van der Waals surface area contributed by atoms with Crippen LogP contribution in [0.4, 0.5) is 0 Å². The molecular weight excluding hydrogens is 522 g/mol. The summed E-state index contributed by atoms with van der Waals surface area (Å²) in [6.45, 7) is 9.68. The quantitative estimate of drug-likeness (QED) is 0.287. The number of carbonyl (C=O) groups excluding carboxylic acids is 3. The van der Waals surface area contributed by atoms with Crippen LogP contribution in [-0.4, -0.2) is 114 Å². The van der Waals surface area contributed by atoms with Gasteiger partial charge in [0.25, 0.3) is 0 Å². The fourth-order valence-electron chi connectivity index (χ4n) is 6.31. The molecule has 0 aliphatic carbocycles. The van der Waals surface area contributed by atoms with Gasteiger partial charge >= 0.3 is 5.97 Å². The van der Waals surface area contributed by atoms with Crippen molar-refractivity contribution < 1.29 is 33.7 Å². The first-order valence-corrected chi connectivity index (χ1v) is 13.7. The Kier molecular flexibility index (Phi) is 8.42. The minimum atomic E-state index is -1.14. The van der Waals surface area contributed by atoms with Crippen LogP contribution in [0.5, 0.6) is 0 Å². The van der Waals surface area contributed by atoms with Crippen LogP contribution in [-0.2, 0) is 28.6 Å². The van der Waals surface area contributed by atoms with Crippen molar-refractivity contribution in [3.05, 3.63) is 0 Å². The van der Waals surface area contributed by atoms with E-state index in [1.807, 2.05) is 13.8 Å². The van der Waals surface area contributed by atoms with Gasteiger partial charge in [-0.1, -0.05) is 36.2 Å². The largest absolute Gasteiger partial charge is 0.466 e. The van der Waals surface area contributed by atoms with E-state index in [0.717, 1.165) is 19.5 Å². The van der Waals surface area contributed by atoms with Crippen molar-refractivity contribution in [3.63, 3.8) is 0 Å². The molecule has 11 heteroatoms. The molecule has 35 heavy (non-hydrogen) atoms. The monoisotopic (exact) mass is 559 g/mol. The van der Waals surface area contributed by atoms with E-state index in [9.17, 15) is 19.5 Å². The number of fused-ring (bicyclic) bond motifs is 1. The van der Waals surface area contributed by atoms with E-state index >= 15 is 0 Å². The molecular formula is C24H38BrN3O7. The maximum Gasteiger partial charge on any atom is 0.312 e. The highest BCUT2D eigenvalue weighted by Gasteiger charge is 2.77. The molecule has 4 saturated heterocycles. The first-order valence-electron chi connectivity index (χ1n) is 12.8. The molecule has 0 aromatic carbocycles. The van der Waals surface area contributed by atoms with Gasteiger partial charge in [-0.25, -0.2) is 0 Å². The van der Waals surface area contributed by atoms with Gasteiger partial charge in [-0.05, 0) is 19.3 Å². The van der Waals surface area contributed by atoms with Crippen molar-refractivity contribution >= 4 is 33.7 Å². The smallest absolute Gasteiger partial charge is 0.312 e. The lowest BCUT2D eigenvalue weighted by Gasteiger charge is -2.39. The van der Waals surface area contributed by atoms with Crippen LogP contribution in [0.25, 0.3) is 0 Å². The van der Waals surface area contributed by atoms with E-state index in [0.29, 0.717) is 32.7 Å². The second-order valence-electron chi connectivity index (χ2n) is 10.0. The average molecular weight is 560 g/mol. The average Bonchev–Trinajstić information content (AvgIpc) is 3.44. The lowest BCUT2D eigenvalue weighted by molar-refractivity contribution is -0.155. The van der Waals surface area contributed by atoms with Crippen LogP contribution in [0, 0.1) is 17.8 Å². The number of alkyl halides is 1. The third-order valence-electron chi connectivity index (χ3n) is 8.21. The number of likely N-dealkylation sites (tertiary alicyclic amines) is 1. The van der Waals surface area contributed by atoms with Crippen LogP contribution in [0.2, 0.25) is 0 Å². The lowest BCUT2D eigenvalue weighted by atomic mass is 9.70. The van der Waals surface area contributed by atoms with Crippen molar-refractivity contribution in [1.29, 1.82) is 0 Å². The lowest BCUT2D eigenvalue weighted by Crippen LogP contribution is -2.59. The molecule has 10 nitrogen and oxygen atoms in total. The Morgan fingerprint density at radius 3 is 2.66 bits per heavy atom. The molecule has 0 radical (unpaired) electrons. The molecule has 8 atom stereocenters. The zero-order chi connectivity index (χ0) is 25.3. The molecule has 2 N–H and O–H groups in total. The zero-order valence-corrected chi connectivity index (χ0v) is 22.4. The summed E-state index contributed by atoms with van der Waals surface area (Å²) in [5.74, 6) is -2.72. The molecule has 4 heterocycles. The molecule has 4 fully saturated rings. The Hall–Kier alpha value is -1.27. The van der Waals surface area contributed by atoms with E-state index in [4.69, 9.17) is 14.2 Å². The number of ether oxygens (including phenoxy) is 3. The molecule has 4 aliphatic rings. The second kappa shape index (κ2) is 11.0.